The van der Waals surface area contributed by atoms with Crippen molar-refractivity contribution in [1.82, 2.24) is 4.90 Å². The molecule has 0 spiro atoms. The number of fused-ring (bicyclic) bond motifs is 6. The summed E-state index contributed by atoms with van der Waals surface area (Å²) in [7, 11) is 0. The zero-order valence-corrected chi connectivity index (χ0v) is 18.7. The van der Waals surface area contributed by atoms with Crippen LogP contribution in [0.3, 0.4) is 0 Å². The quantitative estimate of drug-likeness (QED) is 0.264. The molecule has 3 aliphatic rings. The topological polar surface area (TPSA) is 137 Å². The molecule has 3 aliphatic heterocycles. The van der Waals surface area contributed by atoms with E-state index in [1.807, 2.05) is 6.92 Å². The van der Waals surface area contributed by atoms with Crippen LogP contribution in [0.15, 0.2) is 12.1 Å². The van der Waals surface area contributed by atoms with Gasteiger partial charge in [0.1, 0.15) is 24.7 Å². The van der Waals surface area contributed by atoms with Gasteiger partial charge in [0, 0.05) is 25.0 Å². The van der Waals surface area contributed by atoms with Crippen molar-refractivity contribution >= 4 is 29.9 Å². The summed E-state index contributed by atoms with van der Waals surface area (Å²) in [6.07, 6.45) is 1.36. The van der Waals surface area contributed by atoms with Crippen molar-refractivity contribution in [3.8, 4) is 5.75 Å². The van der Waals surface area contributed by atoms with Gasteiger partial charge in [-0.2, -0.15) is 0 Å². The zero-order chi connectivity index (χ0) is 23.9. The normalized spacial score (nSPS) is 26.6. The number of esters is 1. The molecule has 178 valence electrons. The summed E-state index contributed by atoms with van der Waals surface area (Å²) in [6.45, 7) is 5.09. The smallest absolute Gasteiger partial charge is 0.404 e. The van der Waals surface area contributed by atoms with Crippen molar-refractivity contribution in [2.75, 3.05) is 24.8 Å². The van der Waals surface area contributed by atoms with Crippen molar-refractivity contribution < 1.29 is 38.2 Å². The molecule has 2 saturated heterocycles. The van der Waals surface area contributed by atoms with Crippen LogP contribution in [0, 0.1) is 0 Å². The minimum absolute atomic E-state index is 0.208. The second kappa shape index (κ2) is 8.54. The highest BCUT2D eigenvalue weighted by Crippen LogP contribution is 2.58. The van der Waals surface area contributed by atoms with Gasteiger partial charge in [-0.25, -0.2) is 14.7 Å². The molecule has 0 aromatic heterocycles. The summed E-state index contributed by atoms with van der Waals surface area (Å²) in [5, 5.41) is 1.52. The molecule has 0 aliphatic carbocycles. The maximum absolute atomic E-state index is 12.3. The Morgan fingerprint density at radius 1 is 1.30 bits per heavy atom. The summed E-state index contributed by atoms with van der Waals surface area (Å²) >= 11 is 0. The molecule has 3 heterocycles. The number of carbonyl (C=O) groups is 4. The van der Waals surface area contributed by atoms with Crippen LogP contribution in [0.5, 0.6) is 5.75 Å². The Hall–Kier alpha value is -3.34. The molecule has 11 heteroatoms. The number of aldehydes is 1. The van der Waals surface area contributed by atoms with E-state index in [1.165, 1.54) is 18.9 Å². The molecule has 4 unspecified atom stereocenters. The number of nitrogens with two attached hydrogens (primary N) is 1. The van der Waals surface area contributed by atoms with Gasteiger partial charge >= 0.3 is 12.1 Å². The minimum Gasteiger partial charge on any atom is -0.493 e. The van der Waals surface area contributed by atoms with Crippen LogP contribution in [-0.4, -0.2) is 66.8 Å². The molecular formula is C22H27N3O8. The first-order valence-electron chi connectivity index (χ1n) is 10.9. The Bertz CT molecular complexity index is 998. The van der Waals surface area contributed by atoms with Crippen LogP contribution in [0.1, 0.15) is 55.5 Å². The van der Waals surface area contributed by atoms with Gasteiger partial charge in [0.05, 0.1) is 30.8 Å². The largest absolute Gasteiger partial charge is 0.493 e. The van der Waals surface area contributed by atoms with E-state index >= 15 is 0 Å². The molecule has 1 aromatic rings. The van der Waals surface area contributed by atoms with Crippen LogP contribution >= 0.6 is 0 Å². The van der Waals surface area contributed by atoms with Gasteiger partial charge in [0.2, 0.25) is 5.91 Å². The lowest BCUT2D eigenvalue weighted by Gasteiger charge is -2.49. The second-order valence-electron chi connectivity index (χ2n) is 8.36. The fraction of sp³-hybridized carbons (Fsp3) is 0.545. The Kier molecular flexibility index (Phi) is 5.91. The first-order chi connectivity index (χ1) is 15.7. The predicted molar refractivity (Wildman–Crippen MR) is 114 cm³/mol. The molecule has 33 heavy (non-hydrogen) atoms. The third-order valence-electron chi connectivity index (χ3n) is 6.15. The standard InChI is InChI=1S/C22H27N3O8/c1-4-5-6-30-18-8-14(10-26)7-16-19(18)15(11-31-21(23)29)22(32-13(3)28)20-17(9-24(16)33-22)25(20)12(2)27/h7-8,10,15,17,20H,4-6,9,11H2,1-3H3,(H2,23,29). The van der Waals surface area contributed by atoms with E-state index in [9.17, 15) is 19.2 Å². The van der Waals surface area contributed by atoms with E-state index in [4.69, 9.17) is 24.8 Å². The second-order valence-corrected chi connectivity index (χ2v) is 8.36. The van der Waals surface area contributed by atoms with Crippen LogP contribution in [0.25, 0.3) is 0 Å². The molecule has 2 N–H and O–H groups in total. The molecule has 4 atom stereocenters. The molecule has 11 nitrogen and oxygen atoms in total. The number of hydroxylamine groups is 1. The maximum atomic E-state index is 12.3. The van der Waals surface area contributed by atoms with E-state index in [2.05, 4.69) is 0 Å². The fourth-order valence-electron chi connectivity index (χ4n) is 4.85. The number of primary amides is 1. The molecule has 0 radical (unpaired) electrons. The Morgan fingerprint density at radius 2 is 2.06 bits per heavy atom. The number of hydrogen-bond acceptors (Lipinski definition) is 9. The number of unbranched alkanes of at least 4 members (excludes halogenated alkanes) is 1. The van der Waals surface area contributed by atoms with Gasteiger partial charge < -0.3 is 24.8 Å². The number of benzene rings is 1. The Labute approximate surface area is 190 Å². The summed E-state index contributed by atoms with van der Waals surface area (Å²) < 4.78 is 17.0. The summed E-state index contributed by atoms with van der Waals surface area (Å²) in [4.78, 5) is 55.4. The van der Waals surface area contributed by atoms with Crippen LogP contribution in [0.4, 0.5) is 10.5 Å². The van der Waals surface area contributed by atoms with Crippen LogP contribution in [0.2, 0.25) is 0 Å². The van der Waals surface area contributed by atoms with Crippen molar-refractivity contribution in [3.63, 3.8) is 0 Å². The monoisotopic (exact) mass is 461 g/mol. The number of rotatable bonds is 8. The van der Waals surface area contributed by atoms with Gasteiger partial charge in [0.15, 0.2) is 0 Å². The number of amides is 2. The average molecular weight is 461 g/mol. The number of carbonyl (C=O) groups excluding carboxylic acids is 4. The van der Waals surface area contributed by atoms with Crippen molar-refractivity contribution in [2.45, 2.75) is 57.4 Å². The molecule has 4 rings (SSSR count). The van der Waals surface area contributed by atoms with E-state index in [1.54, 1.807) is 17.0 Å². The third kappa shape index (κ3) is 3.86. The van der Waals surface area contributed by atoms with E-state index < -0.39 is 29.8 Å². The molecule has 2 fully saturated rings. The molecule has 0 saturated carbocycles. The highest BCUT2D eigenvalue weighted by atomic mass is 16.8. The third-order valence-corrected chi connectivity index (χ3v) is 6.15. The predicted octanol–water partition coefficient (Wildman–Crippen LogP) is 1.48. The molecular weight excluding hydrogens is 434 g/mol. The SMILES string of the molecule is CCCCOc1cc(C=O)cc2c1C(COC(N)=O)C1(OC(C)=O)ON2CC2C1N2C(C)=O. The fourth-order valence-corrected chi connectivity index (χ4v) is 4.85. The highest BCUT2D eigenvalue weighted by molar-refractivity contribution is 5.82. The molecule has 1 aromatic carbocycles. The number of nitrogens with zero attached hydrogens (tertiary/aromatic N) is 2. The van der Waals surface area contributed by atoms with E-state index in [-0.39, 0.29) is 18.6 Å². The van der Waals surface area contributed by atoms with Crippen LogP contribution in [-0.2, 0) is 23.9 Å². The molecule has 2 bridgehead atoms. The number of hydrogen-bond donors (Lipinski definition) is 1. The lowest BCUT2D eigenvalue weighted by Crippen LogP contribution is -2.61. The van der Waals surface area contributed by atoms with E-state index in [0.717, 1.165) is 12.8 Å². The number of anilines is 1. The summed E-state index contributed by atoms with van der Waals surface area (Å²) in [5.74, 6) is -2.97. The number of ether oxygens (including phenoxy) is 3. The van der Waals surface area contributed by atoms with Gasteiger partial charge in [-0.1, -0.05) is 13.3 Å². The van der Waals surface area contributed by atoms with Crippen molar-refractivity contribution in [1.29, 1.82) is 0 Å². The van der Waals surface area contributed by atoms with Crippen molar-refractivity contribution in [2.24, 2.45) is 5.73 Å². The van der Waals surface area contributed by atoms with Crippen LogP contribution < -0.4 is 15.5 Å². The van der Waals surface area contributed by atoms with Crippen molar-refractivity contribution in [3.05, 3.63) is 23.3 Å². The summed E-state index contributed by atoms with van der Waals surface area (Å²) in [5.41, 5.74) is 6.67. The lowest BCUT2D eigenvalue weighted by molar-refractivity contribution is -0.265. The molecule has 2 amide bonds. The summed E-state index contributed by atoms with van der Waals surface area (Å²) in [6, 6.07) is 2.35. The highest BCUT2D eigenvalue weighted by Gasteiger charge is 2.73. The van der Waals surface area contributed by atoms with Gasteiger partial charge in [-0.3, -0.25) is 14.4 Å². The Morgan fingerprint density at radius 3 is 2.67 bits per heavy atom. The lowest BCUT2D eigenvalue weighted by atomic mass is 9.82. The zero-order valence-electron chi connectivity index (χ0n) is 18.7. The average Bonchev–Trinajstić information content (AvgIpc) is 3.48. The first kappa shape index (κ1) is 22.8. The van der Waals surface area contributed by atoms with Gasteiger partial charge in [-0.05, 0) is 18.6 Å². The van der Waals surface area contributed by atoms with Gasteiger partial charge in [0.25, 0.3) is 5.79 Å². The minimum atomic E-state index is -1.66. The van der Waals surface area contributed by atoms with Gasteiger partial charge in [-0.15, -0.1) is 0 Å². The van der Waals surface area contributed by atoms with E-state index in [0.29, 0.717) is 42.0 Å². The maximum Gasteiger partial charge on any atom is 0.404 e. The Balaban J connectivity index is 1.89. The first-order valence-corrected chi connectivity index (χ1v) is 10.9.